The van der Waals surface area contributed by atoms with Crippen LogP contribution in [0.25, 0.3) is 10.2 Å². The minimum atomic E-state index is -0.169. The van der Waals surface area contributed by atoms with Crippen LogP contribution in [0, 0.1) is 6.92 Å². The maximum absolute atomic E-state index is 12.6. The Labute approximate surface area is 180 Å². The molecule has 7 nitrogen and oxygen atoms in total. The van der Waals surface area contributed by atoms with Crippen molar-refractivity contribution in [2.24, 2.45) is 0 Å². The van der Waals surface area contributed by atoms with Gasteiger partial charge in [0.1, 0.15) is 29.3 Å². The summed E-state index contributed by atoms with van der Waals surface area (Å²) in [7, 11) is 0. The monoisotopic (exact) mass is 425 g/mol. The SMILES string of the molecule is Cc1cccc(OCCNC(=O)C(C)N2CCN(c3ncnc4sccc34)CC2)c1. The van der Waals surface area contributed by atoms with Crippen LogP contribution in [0.2, 0.25) is 0 Å². The van der Waals surface area contributed by atoms with E-state index in [4.69, 9.17) is 4.74 Å². The topological polar surface area (TPSA) is 70.6 Å². The fourth-order valence-corrected chi connectivity index (χ4v) is 4.44. The molecular formula is C22H27N5O2S. The first kappa shape index (κ1) is 20.6. The third-order valence-corrected chi connectivity index (χ3v) is 6.26. The molecule has 30 heavy (non-hydrogen) atoms. The summed E-state index contributed by atoms with van der Waals surface area (Å²) in [6.45, 7) is 8.28. The van der Waals surface area contributed by atoms with E-state index in [-0.39, 0.29) is 11.9 Å². The number of aryl methyl sites for hydroxylation is 1. The molecule has 1 N–H and O–H groups in total. The second-order valence-corrected chi connectivity index (χ2v) is 8.39. The number of amides is 1. The van der Waals surface area contributed by atoms with E-state index in [1.807, 2.05) is 43.5 Å². The number of rotatable bonds is 7. The van der Waals surface area contributed by atoms with E-state index < -0.39 is 0 Å². The zero-order chi connectivity index (χ0) is 20.9. The molecule has 0 spiro atoms. The van der Waals surface area contributed by atoms with Crippen molar-refractivity contribution >= 4 is 33.3 Å². The van der Waals surface area contributed by atoms with Crippen LogP contribution in [0.3, 0.4) is 0 Å². The smallest absolute Gasteiger partial charge is 0.237 e. The van der Waals surface area contributed by atoms with Gasteiger partial charge in [-0.05, 0) is 43.0 Å². The summed E-state index contributed by atoms with van der Waals surface area (Å²) in [5.41, 5.74) is 1.16. The lowest BCUT2D eigenvalue weighted by molar-refractivity contribution is -0.126. The van der Waals surface area contributed by atoms with Crippen LogP contribution in [0.4, 0.5) is 5.82 Å². The quantitative estimate of drug-likeness (QED) is 0.587. The minimum Gasteiger partial charge on any atom is -0.492 e. The highest BCUT2D eigenvalue weighted by Gasteiger charge is 2.26. The summed E-state index contributed by atoms with van der Waals surface area (Å²) in [6, 6.07) is 9.83. The van der Waals surface area contributed by atoms with Crippen molar-refractivity contribution in [3.05, 3.63) is 47.6 Å². The number of hydrogen-bond acceptors (Lipinski definition) is 7. The molecule has 1 unspecified atom stereocenters. The lowest BCUT2D eigenvalue weighted by atomic mass is 10.2. The highest BCUT2D eigenvalue weighted by atomic mass is 32.1. The first-order valence-corrected chi connectivity index (χ1v) is 11.1. The number of ether oxygens (including phenoxy) is 1. The number of carbonyl (C=O) groups is 1. The van der Waals surface area contributed by atoms with Crippen LogP contribution in [0.5, 0.6) is 5.75 Å². The summed E-state index contributed by atoms with van der Waals surface area (Å²) in [6.07, 6.45) is 1.63. The number of benzene rings is 1. The van der Waals surface area contributed by atoms with Crippen molar-refractivity contribution in [1.29, 1.82) is 0 Å². The average molecular weight is 426 g/mol. The number of aromatic nitrogens is 2. The number of hydrogen-bond donors (Lipinski definition) is 1. The molecule has 1 aliphatic heterocycles. The van der Waals surface area contributed by atoms with Crippen LogP contribution in [0.15, 0.2) is 42.0 Å². The van der Waals surface area contributed by atoms with Gasteiger partial charge in [0.05, 0.1) is 18.0 Å². The van der Waals surface area contributed by atoms with Crippen molar-refractivity contribution in [2.45, 2.75) is 19.9 Å². The van der Waals surface area contributed by atoms with Gasteiger partial charge in [-0.2, -0.15) is 0 Å². The van der Waals surface area contributed by atoms with E-state index in [9.17, 15) is 4.79 Å². The van der Waals surface area contributed by atoms with Crippen LogP contribution in [-0.4, -0.2) is 66.1 Å². The lowest BCUT2D eigenvalue weighted by Gasteiger charge is -2.38. The molecule has 4 rings (SSSR count). The molecule has 8 heteroatoms. The molecule has 1 aliphatic rings. The van der Waals surface area contributed by atoms with E-state index in [1.54, 1.807) is 17.7 Å². The largest absolute Gasteiger partial charge is 0.492 e. The zero-order valence-electron chi connectivity index (χ0n) is 17.4. The van der Waals surface area contributed by atoms with Gasteiger partial charge in [-0.25, -0.2) is 9.97 Å². The van der Waals surface area contributed by atoms with Crippen molar-refractivity contribution in [1.82, 2.24) is 20.2 Å². The third kappa shape index (κ3) is 4.71. The molecule has 0 saturated carbocycles. The van der Waals surface area contributed by atoms with Gasteiger partial charge >= 0.3 is 0 Å². The molecule has 3 heterocycles. The van der Waals surface area contributed by atoms with E-state index in [0.717, 1.165) is 53.5 Å². The van der Waals surface area contributed by atoms with Crippen molar-refractivity contribution in [3.63, 3.8) is 0 Å². The first-order valence-electron chi connectivity index (χ1n) is 10.3. The Balaban J connectivity index is 1.23. The molecule has 2 aromatic heterocycles. The number of thiophene rings is 1. The van der Waals surface area contributed by atoms with Gasteiger partial charge in [-0.1, -0.05) is 12.1 Å². The number of carbonyl (C=O) groups excluding carboxylic acids is 1. The molecule has 0 aliphatic carbocycles. The standard InChI is InChI=1S/C22H27N5O2S/c1-16-4-3-5-18(14-16)29-12-7-23-21(28)17(2)26-8-10-27(11-9-26)20-19-6-13-30-22(19)25-15-24-20/h3-6,13-15,17H,7-12H2,1-2H3,(H,23,28). The van der Waals surface area contributed by atoms with Crippen LogP contribution < -0.4 is 15.0 Å². The van der Waals surface area contributed by atoms with Gasteiger partial charge in [0.15, 0.2) is 0 Å². The Hall–Kier alpha value is -2.71. The zero-order valence-corrected chi connectivity index (χ0v) is 18.2. The Morgan fingerprint density at radius 3 is 2.87 bits per heavy atom. The Kier molecular flexibility index (Phi) is 6.44. The van der Waals surface area contributed by atoms with Gasteiger partial charge in [-0.3, -0.25) is 9.69 Å². The molecular weight excluding hydrogens is 398 g/mol. The fourth-order valence-electron chi connectivity index (χ4n) is 3.71. The lowest BCUT2D eigenvalue weighted by Crippen LogP contribution is -2.54. The van der Waals surface area contributed by atoms with Gasteiger partial charge < -0.3 is 15.0 Å². The molecule has 3 aromatic rings. The number of fused-ring (bicyclic) bond motifs is 1. The summed E-state index contributed by atoms with van der Waals surface area (Å²) >= 11 is 1.63. The average Bonchev–Trinajstić information content (AvgIpc) is 3.25. The van der Waals surface area contributed by atoms with Crippen LogP contribution in [-0.2, 0) is 4.79 Å². The Morgan fingerprint density at radius 2 is 2.07 bits per heavy atom. The highest BCUT2D eigenvalue weighted by molar-refractivity contribution is 7.16. The van der Waals surface area contributed by atoms with Gasteiger partial charge in [0.25, 0.3) is 0 Å². The van der Waals surface area contributed by atoms with E-state index in [2.05, 4.69) is 31.2 Å². The van der Waals surface area contributed by atoms with Crippen LogP contribution in [0.1, 0.15) is 12.5 Å². The Bertz CT molecular complexity index is 1000. The van der Waals surface area contributed by atoms with Crippen molar-refractivity contribution in [3.8, 4) is 5.75 Å². The highest BCUT2D eigenvalue weighted by Crippen LogP contribution is 2.27. The number of piperazine rings is 1. The van der Waals surface area contributed by atoms with E-state index in [1.165, 1.54) is 0 Å². The molecule has 1 amide bonds. The van der Waals surface area contributed by atoms with E-state index in [0.29, 0.717) is 13.2 Å². The summed E-state index contributed by atoms with van der Waals surface area (Å²) < 4.78 is 5.71. The number of nitrogens with zero attached hydrogens (tertiary/aromatic N) is 4. The number of nitrogens with one attached hydrogen (secondary N) is 1. The predicted molar refractivity (Wildman–Crippen MR) is 120 cm³/mol. The maximum Gasteiger partial charge on any atom is 0.237 e. The first-order chi connectivity index (χ1) is 14.6. The summed E-state index contributed by atoms with van der Waals surface area (Å²) in [5, 5.41) is 6.15. The fraction of sp³-hybridized carbons (Fsp3) is 0.409. The normalized spacial score (nSPS) is 15.9. The maximum atomic E-state index is 12.6. The van der Waals surface area contributed by atoms with Crippen LogP contribution >= 0.6 is 11.3 Å². The molecule has 158 valence electrons. The summed E-state index contributed by atoms with van der Waals surface area (Å²) in [5.74, 6) is 1.86. The number of anilines is 1. The second kappa shape index (κ2) is 9.40. The Morgan fingerprint density at radius 1 is 1.23 bits per heavy atom. The van der Waals surface area contributed by atoms with Gasteiger partial charge in [-0.15, -0.1) is 11.3 Å². The van der Waals surface area contributed by atoms with Crippen molar-refractivity contribution < 1.29 is 9.53 Å². The van der Waals surface area contributed by atoms with Gasteiger partial charge in [0, 0.05) is 26.2 Å². The second-order valence-electron chi connectivity index (χ2n) is 7.49. The molecule has 0 radical (unpaired) electrons. The summed E-state index contributed by atoms with van der Waals surface area (Å²) in [4.78, 5) is 26.9. The van der Waals surface area contributed by atoms with E-state index >= 15 is 0 Å². The molecule has 1 aromatic carbocycles. The predicted octanol–water partition coefficient (Wildman–Crippen LogP) is 2.71. The minimum absolute atomic E-state index is 0.0403. The van der Waals surface area contributed by atoms with Gasteiger partial charge in [0.2, 0.25) is 5.91 Å². The molecule has 1 saturated heterocycles. The molecule has 1 fully saturated rings. The third-order valence-electron chi connectivity index (χ3n) is 5.44. The molecule has 1 atom stereocenters. The molecule has 0 bridgehead atoms. The van der Waals surface area contributed by atoms with Crippen molar-refractivity contribution in [2.75, 3.05) is 44.2 Å².